The Hall–Kier alpha value is -1.01. The highest BCUT2D eigenvalue weighted by Crippen LogP contribution is 2.19. The summed E-state index contributed by atoms with van der Waals surface area (Å²) in [7, 11) is 1.90. The molecular formula is C14H16INO2. The Balaban J connectivity index is 2.01. The molecule has 96 valence electrons. The maximum absolute atomic E-state index is 5.76. The zero-order valence-corrected chi connectivity index (χ0v) is 12.7. The van der Waals surface area contributed by atoms with Crippen LogP contribution >= 0.6 is 22.6 Å². The molecule has 0 saturated carbocycles. The first-order valence-corrected chi connectivity index (χ1v) is 6.88. The highest BCUT2D eigenvalue weighted by molar-refractivity contribution is 14.1. The molecule has 1 heterocycles. The summed E-state index contributed by atoms with van der Waals surface area (Å²) in [6.45, 7) is 3.25. The van der Waals surface area contributed by atoms with Crippen molar-refractivity contribution in [3.8, 4) is 5.75 Å². The summed E-state index contributed by atoms with van der Waals surface area (Å²) in [5.41, 5.74) is 1.10. The van der Waals surface area contributed by atoms with E-state index in [-0.39, 0.29) is 0 Å². The molecular weight excluding hydrogens is 341 g/mol. The van der Waals surface area contributed by atoms with Crippen LogP contribution in [0.2, 0.25) is 0 Å². The second-order valence-electron chi connectivity index (χ2n) is 4.07. The van der Waals surface area contributed by atoms with Crippen LogP contribution in [0, 0.1) is 10.5 Å². The summed E-state index contributed by atoms with van der Waals surface area (Å²) >= 11 is 2.27. The van der Waals surface area contributed by atoms with Gasteiger partial charge in [0.1, 0.15) is 23.9 Å². The fourth-order valence-corrected chi connectivity index (χ4v) is 2.22. The molecule has 1 aromatic carbocycles. The van der Waals surface area contributed by atoms with Gasteiger partial charge in [0.25, 0.3) is 0 Å². The van der Waals surface area contributed by atoms with E-state index in [4.69, 9.17) is 9.15 Å². The number of halogens is 1. The number of ether oxygens (including phenoxy) is 1. The van der Waals surface area contributed by atoms with E-state index in [2.05, 4.69) is 27.9 Å². The number of rotatable bonds is 5. The molecule has 0 spiro atoms. The van der Waals surface area contributed by atoms with Gasteiger partial charge in [-0.05, 0) is 60.8 Å². The molecule has 18 heavy (non-hydrogen) atoms. The van der Waals surface area contributed by atoms with Crippen molar-refractivity contribution in [1.82, 2.24) is 5.32 Å². The van der Waals surface area contributed by atoms with Crippen LogP contribution in [0.3, 0.4) is 0 Å². The third kappa shape index (κ3) is 3.49. The summed E-state index contributed by atoms with van der Waals surface area (Å²) in [5, 5.41) is 3.07. The van der Waals surface area contributed by atoms with Gasteiger partial charge in [0.2, 0.25) is 0 Å². The van der Waals surface area contributed by atoms with Crippen molar-refractivity contribution in [3.63, 3.8) is 0 Å². The van der Waals surface area contributed by atoms with E-state index in [0.29, 0.717) is 6.61 Å². The van der Waals surface area contributed by atoms with Crippen molar-refractivity contribution in [2.45, 2.75) is 20.1 Å². The highest BCUT2D eigenvalue weighted by atomic mass is 127. The molecule has 0 amide bonds. The van der Waals surface area contributed by atoms with Crippen LogP contribution in [0.4, 0.5) is 0 Å². The van der Waals surface area contributed by atoms with E-state index in [1.807, 2.05) is 44.3 Å². The van der Waals surface area contributed by atoms with Crippen molar-refractivity contribution in [1.29, 1.82) is 0 Å². The third-order valence-electron chi connectivity index (χ3n) is 2.61. The van der Waals surface area contributed by atoms with Crippen LogP contribution < -0.4 is 10.1 Å². The van der Waals surface area contributed by atoms with Crippen LogP contribution in [-0.4, -0.2) is 7.05 Å². The molecule has 1 aromatic heterocycles. The molecule has 0 fully saturated rings. The van der Waals surface area contributed by atoms with Gasteiger partial charge in [-0.15, -0.1) is 0 Å². The van der Waals surface area contributed by atoms with E-state index in [9.17, 15) is 0 Å². The Morgan fingerprint density at radius 3 is 2.89 bits per heavy atom. The van der Waals surface area contributed by atoms with Gasteiger partial charge in [-0.2, -0.15) is 0 Å². The largest absolute Gasteiger partial charge is 0.489 e. The second-order valence-corrected chi connectivity index (χ2v) is 5.32. The first kappa shape index (κ1) is 13.4. The van der Waals surface area contributed by atoms with Crippen LogP contribution in [0.5, 0.6) is 5.75 Å². The van der Waals surface area contributed by atoms with E-state index < -0.39 is 0 Å². The Morgan fingerprint density at radius 2 is 2.17 bits per heavy atom. The lowest BCUT2D eigenvalue weighted by atomic mass is 10.2. The standard InChI is InChI=1S/C14H16INO2/c1-10-11(6-14(18-10)8-16-2)9-17-13-5-3-4-12(15)7-13/h3-7,16H,8-9H2,1-2H3. The average Bonchev–Trinajstić information content (AvgIpc) is 2.68. The normalized spacial score (nSPS) is 10.6. The fourth-order valence-electron chi connectivity index (χ4n) is 1.71. The van der Waals surface area contributed by atoms with E-state index in [1.54, 1.807) is 0 Å². The van der Waals surface area contributed by atoms with Crippen molar-refractivity contribution < 1.29 is 9.15 Å². The molecule has 0 radical (unpaired) electrons. The van der Waals surface area contributed by atoms with Gasteiger partial charge in [-0.3, -0.25) is 0 Å². The topological polar surface area (TPSA) is 34.4 Å². The van der Waals surface area contributed by atoms with E-state index in [1.165, 1.54) is 3.57 Å². The maximum atomic E-state index is 5.76. The minimum Gasteiger partial charge on any atom is -0.489 e. The average molecular weight is 357 g/mol. The predicted octanol–water partition coefficient (Wildman–Crippen LogP) is 3.49. The molecule has 0 atom stereocenters. The van der Waals surface area contributed by atoms with Gasteiger partial charge in [-0.25, -0.2) is 0 Å². The Labute approximate surface area is 121 Å². The molecule has 2 aromatic rings. The molecule has 1 N–H and O–H groups in total. The first-order chi connectivity index (χ1) is 8.69. The maximum Gasteiger partial charge on any atom is 0.120 e. The summed E-state index contributed by atoms with van der Waals surface area (Å²) < 4.78 is 12.6. The van der Waals surface area contributed by atoms with Gasteiger partial charge >= 0.3 is 0 Å². The van der Waals surface area contributed by atoms with Gasteiger partial charge < -0.3 is 14.5 Å². The van der Waals surface area contributed by atoms with Crippen molar-refractivity contribution >= 4 is 22.6 Å². The van der Waals surface area contributed by atoms with Gasteiger partial charge in [0.05, 0.1) is 6.54 Å². The predicted molar refractivity (Wildman–Crippen MR) is 79.7 cm³/mol. The lowest BCUT2D eigenvalue weighted by molar-refractivity contribution is 0.303. The van der Waals surface area contributed by atoms with E-state index in [0.717, 1.165) is 29.4 Å². The summed E-state index contributed by atoms with van der Waals surface area (Å²) in [5.74, 6) is 2.75. The molecule has 0 unspecified atom stereocenters. The van der Waals surface area contributed by atoms with Crippen LogP contribution in [0.25, 0.3) is 0 Å². The molecule has 4 heteroatoms. The number of hydrogen-bond acceptors (Lipinski definition) is 3. The molecule has 0 aliphatic rings. The highest BCUT2D eigenvalue weighted by Gasteiger charge is 2.07. The summed E-state index contributed by atoms with van der Waals surface area (Å²) in [6, 6.07) is 10.1. The SMILES string of the molecule is CNCc1cc(COc2cccc(I)c2)c(C)o1. The monoisotopic (exact) mass is 357 g/mol. The van der Waals surface area contributed by atoms with E-state index >= 15 is 0 Å². The number of benzene rings is 1. The van der Waals surface area contributed by atoms with Crippen molar-refractivity contribution in [3.05, 3.63) is 51.0 Å². The summed E-state index contributed by atoms with van der Waals surface area (Å²) in [6.07, 6.45) is 0. The van der Waals surface area contributed by atoms with Crippen LogP contribution in [0.1, 0.15) is 17.1 Å². The molecule has 0 bridgehead atoms. The number of furan rings is 1. The van der Waals surface area contributed by atoms with Gasteiger partial charge in [-0.1, -0.05) is 6.07 Å². The molecule has 0 saturated heterocycles. The van der Waals surface area contributed by atoms with Crippen molar-refractivity contribution in [2.24, 2.45) is 0 Å². The van der Waals surface area contributed by atoms with Crippen molar-refractivity contribution in [2.75, 3.05) is 7.05 Å². The molecule has 3 nitrogen and oxygen atoms in total. The van der Waals surface area contributed by atoms with Gasteiger partial charge in [0.15, 0.2) is 0 Å². The number of nitrogens with one attached hydrogen (secondary N) is 1. The number of hydrogen-bond donors (Lipinski definition) is 1. The number of aryl methyl sites for hydroxylation is 1. The van der Waals surface area contributed by atoms with Crippen LogP contribution in [-0.2, 0) is 13.2 Å². The van der Waals surface area contributed by atoms with Gasteiger partial charge in [0, 0.05) is 9.13 Å². The second kappa shape index (κ2) is 6.24. The third-order valence-corrected chi connectivity index (χ3v) is 3.28. The fraction of sp³-hybridized carbons (Fsp3) is 0.286. The minimum atomic E-state index is 0.541. The van der Waals surface area contributed by atoms with Crippen LogP contribution in [0.15, 0.2) is 34.7 Å². The Bertz CT molecular complexity index is 522. The first-order valence-electron chi connectivity index (χ1n) is 5.80. The Morgan fingerprint density at radius 1 is 1.33 bits per heavy atom. The summed E-state index contributed by atoms with van der Waals surface area (Å²) in [4.78, 5) is 0. The Kier molecular flexibility index (Phi) is 4.66. The lowest BCUT2D eigenvalue weighted by Crippen LogP contribution is -2.03. The molecule has 0 aliphatic carbocycles. The molecule has 0 aliphatic heterocycles. The quantitative estimate of drug-likeness (QED) is 0.832. The zero-order chi connectivity index (χ0) is 13.0. The minimum absolute atomic E-state index is 0.541. The molecule has 2 rings (SSSR count). The lowest BCUT2D eigenvalue weighted by Gasteiger charge is -2.05. The smallest absolute Gasteiger partial charge is 0.120 e. The zero-order valence-electron chi connectivity index (χ0n) is 10.5.